The van der Waals surface area contributed by atoms with Crippen LogP contribution in [-0.4, -0.2) is 9.55 Å². The minimum absolute atomic E-state index is 0.889. The number of aryl methyl sites for hydroxylation is 3. The molecule has 3 aromatic carbocycles. The monoisotopic (exact) mass is 402 g/mol. The normalized spacial score (nSPS) is 12.2. The number of pyridine rings is 1. The van der Waals surface area contributed by atoms with E-state index >= 15 is 0 Å². The Labute approximate surface area is 182 Å². The van der Waals surface area contributed by atoms with E-state index in [1.165, 1.54) is 50.3 Å². The van der Waals surface area contributed by atoms with Crippen molar-refractivity contribution in [2.45, 2.75) is 20.3 Å². The topological polar surface area (TPSA) is 21.7 Å². The smallest absolute Gasteiger partial charge is 0.213 e. The number of imidazole rings is 1. The maximum absolute atomic E-state index is 4.88. The van der Waals surface area contributed by atoms with Gasteiger partial charge in [-0.25, -0.2) is 9.55 Å². The van der Waals surface area contributed by atoms with Gasteiger partial charge in [-0.2, -0.15) is 0 Å². The van der Waals surface area contributed by atoms with Crippen molar-refractivity contribution in [1.29, 1.82) is 0 Å². The van der Waals surface area contributed by atoms with E-state index in [9.17, 15) is 0 Å². The highest BCUT2D eigenvalue weighted by Crippen LogP contribution is 2.37. The van der Waals surface area contributed by atoms with Gasteiger partial charge in [0.05, 0.1) is 22.3 Å². The van der Waals surface area contributed by atoms with Gasteiger partial charge in [0.1, 0.15) is 12.9 Å². The molecular weight excluding hydrogens is 378 g/mol. The zero-order valence-electron chi connectivity index (χ0n) is 18.1. The van der Waals surface area contributed by atoms with E-state index in [1.807, 2.05) is 0 Å². The van der Waals surface area contributed by atoms with Gasteiger partial charge in [-0.05, 0) is 54.3 Å². The van der Waals surface area contributed by atoms with Crippen molar-refractivity contribution in [3.63, 3.8) is 0 Å². The molecule has 0 fully saturated rings. The third-order valence-electron chi connectivity index (χ3n) is 6.48. The van der Waals surface area contributed by atoms with Crippen LogP contribution in [-0.2, 0) is 13.5 Å². The number of hydrogen-bond donors (Lipinski definition) is 0. The van der Waals surface area contributed by atoms with Crippen LogP contribution in [0, 0.1) is 13.8 Å². The molecule has 1 aliphatic rings. The molecule has 0 saturated carbocycles. The number of hydrogen-bond acceptors (Lipinski definition) is 1. The molecule has 3 nitrogen and oxygen atoms in total. The Morgan fingerprint density at radius 1 is 0.839 bits per heavy atom. The van der Waals surface area contributed by atoms with Crippen molar-refractivity contribution in [3.8, 4) is 28.1 Å². The van der Waals surface area contributed by atoms with Crippen molar-refractivity contribution < 1.29 is 4.57 Å². The summed E-state index contributed by atoms with van der Waals surface area (Å²) in [6.45, 7) is 4.41. The lowest BCUT2D eigenvalue weighted by Crippen LogP contribution is -2.31. The molecule has 3 heteroatoms. The first kappa shape index (κ1) is 18.1. The quantitative estimate of drug-likeness (QED) is 0.340. The molecule has 0 spiro atoms. The van der Waals surface area contributed by atoms with Gasteiger partial charge in [0.2, 0.25) is 5.69 Å². The lowest BCUT2D eigenvalue weighted by molar-refractivity contribution is -0.660. The van der Waals surface area contributed by atoms with Crippen molar-refractivity contribution >= 4 is 11.0 Å². The largest absolute Gasteiger partial charge is 0.296 e. The molecule has 150 valence electrons. The fraction of sp³-hybridized carbons (Fsp3) is 0.143. The minimum atomic E-state index is 0.889. The summed E-state index contributed by atoms with van der Waals surface area (Å²) in [5.74, 6) is 1.13. The van der Waals surface area contributed by atoms with E-state index < -0.39 is 0 Å². The Kier molecular flexibility index (Phi) is 3.87. The van der Waals surface area contributed by atoms with Crippen LogP contribution in [0.3, 0.4) is 0 Å². The van der Waals surface area contributed by atoms with Crippen molar-refractivity contribution in [2.24, 2.45) is 7.05 Å². The molecule has 0 radical (unpaired) electrons. The Morgan fingerprint density at radius 3 is 2.45 bits per heavy atom. The summed E-state index contributed by atoms with van der Waals surface area (Å²) in [6, 6.07) is 26.1. The summed E-state index contributed by atoms with van der Waals surface area (Å²) in [5.41, 5.74) is 12.5. The first-order valence-electron chi connectivity index (χ1n) is 10.8. The van der Waals surface area contributed by atoms with E-state index in [-0.39, 0.29) is 0 Å². The standard InChI is InChI=1S/C28H24N3/c1-18-13-21-14-28-29-24-11-7-8-12-25(24)31(28)26(21)16-23(18)27-15-22(19(2)17-30(27)3)20-9-5-4-6-10-20/h4-13,15-17H,14H2,1-3H3/q+1. The highest BCUT2D eigenvalue weighted by molar-refractivity contribution is 5.82. The molecule has 0 atom stereocenters. The van der Waals surface area contributed by atoms with Crippen LogP contribution in [0.25, 0.3) is 39.1 Å². The average molecular weight is 403 g/mol. The summed E-state index contributed by atoms with van der Waals surface area (Å²) >= 11 is 0. The highest BCUT2D eigenvalue weighted by Gasteiger charge is 2.26. The predicted octanol–water partition coefficient (Wildman–Crippen LogP) is 5.71. The van der Waals surface area contributed by atoms with Crippen molar-refractivity contribution in [2.75, 3.05) is 0 Å². The highest BCUT2D eigenvalue weighted by atomic mass is 15.1. The van der Waals surface area contributed by atoms with Crippen LogP contribution in [0.5, 0.6) is 0 Å². The molecule has 0 bridgehead atoms. The number of aromatic nitrogens is 3. The third kappa shape index (κ3) is 2.73. The zero-order valence-corrected chi connectivity index (χ0v) is 18.1. The molecule has 6 rings (SSSR count). The summed E-state index contributed by atoms with van der Waals surface area (Å²) in [7, 11) is 2.14. The molecule has 0 amide bonds. The molecule has 31 heavy (non-hydrogen) atoms. The molecular formula is C28H24N3+. The van der Waals surface area contributed by atoms with Crippen LogP contribution >= 0.6 is 0 Å². The van der Waals surface area contributed by atoms with Gasteiger partial charge in [0.25, 0.3) is 0 Å². The van der Waals surface area contributed by atoms with Crippen LogP contribution in [0.15, 0.2) is 79.0 Å². The van der Waals surface area contributed by atoms with E-state index in [1.54, 1.807) is 0 Å². The molecule has 0 N–H and O–H groups in total. The molecule has 0 aliphatic carbocycles. The summed E-state index contributed by atoms with van der Waals surface area (Å²) < 4.78 is 4.58. The van der Waals surface area contributed by atoms with Crippen molar-refractivity contribution in [3.05, 3.63) is 102 Å². The Balaban J connectivity index is 1.57. The first-order valence-corrected chi connectivity index (χ1v) is 10.8. The summed E-state index contributed by atoms with van der Waals surface area (Å²) in [4.78, 5) is 4.88. The second kappa shape index (κ2) is 6.64. The van der Waals surface area contributed by atoms with E-state index in [4.69, 9.17) is 4.98 Å². The zero-order chi connectivity index (χ0) is 21.1. The lowest BCUT2D eigenvalue weighted by atomic mass is 9.95. The Hall–Kier alpha value is -3.72. The van der Waals surface area contributed by atoms with Crippen LogP contribution < -0.4 is 4.57 Å². The second-order valence-corrected chi connectivity index (χ2v) is 8.56. The van der Waals surface area contributed by atoms with E-state index in [0.29, 0.717) is 0 Å². The number of nitrogens with zero attached hydrogens (tertiary/aromatic N) is 3. The second-order valence-electron chi connectivity index (χ2n) is 8.56. The van der Waals surface area contributed by atoms with Crippen molar-refractivity contribution in [1.82, 2.24) is 9.55 Å². The fourth-order valence-corrected chi connectivity index (χ4v) is 4.99. The Bertz CT molecular complexity index is 1480. The maximum atomic E-state index is 4.88. The van der Waals surface area contributed by atoms with Crippen LogP contribution in [0.4, 0.5) is 0 Å². The lowest BCUT2D eigenvalue weighted by Gasteiger charge is -2.12. The molecule has 2 aromatic heterocycles. The number of para-hydroxylation sites is 2. The SMILES string of the molecule is Cc1c[n+](C)c(-c2cc3c(cc2C)Cc2nc4ccccc4n2-3)cc1-c1ccccc1. The van der Waals surface area contributed by atoms with Gasteiger partial charge in [0.15, 0.2) is 6.20 Å². The third-order valence-corrected chi connectivity index (χ3v) is 6.48. The summed E-state index contributed by atoms with van der Waals surface area (Å²) in [6.07, 6.45) is 3.13. The predicted molar refractivity (Wildman–Crippen MR) is 125 cm³/mol. The molecule has 0 saturated heterocycles. The van der Waals surface area contributed by atoms with Gasteiger partial charge >= 0.3 is 0 Å². The van der Waals surface area contributed by atoms with Crippen LogP contribution in [0.1, 0.15) is 22.5 Å². The van der Waals surface area contributed by atoms with E-state index in [2.05, 4.69) is 109 Å². The first-order chi connectivity index (χ1) is 15.1. The number of fused-ring (bicyclic) bond motifs is 5. The molecule has 5 aromatic rings. The Morgan fingerprint density at radius 2 is 1.61 bits per heavy atom. The van der Waals surface area contributed by atoms with Gasteiger partial charge < -0.3 is 0 Å². The van der Waals surface area contributed by atoms with Gasteiger partial charge in [0, 0.05) is 18.1 Å². The van der Waals surface area contributed by atoms with Gasteiger partial charge in [-0.15, -0.1) is 0 Å². The maximum Gasteiger partial charge on any atom is 0.213 e. The fourth-order valence-electron chi connectivity index (χ4n) is 4.99. The van der Waals surface area contributed by atoms with E-state index in [0.717, 1.165) is 17.8 Å². The molecule has 1 aliphatic heterocycles. The molecule has 0 unspecified atom stereocenters. The minimum Gasteiger partial charge on any atom is -0.296 e. The van der Waals surface area contributed by atoms with Gasteiger partial charge in [-0.3, -0.25) is 4.57 Å². The average Bonchev–Trinajstić information content (AvgIpc) is 3.29. The van der Waals surface area contributed by atoms with Gasteiger partial charge in [-0.1, -0.05) is 48.5 Å². The summed E-state index contributed by atoms with van der Waals surface area (Å²) in [5, 5.41) is 0. The number of rotatable bonds is 2. The van der Waals surface area contributed by atoms with Crippen LogP contribution in [0.2, 0.25) is 0 Å². The molecule has 3 heterocycles. The number of benzene rings is 3.